The summed E-state index contributed by atoms with van der Waals surface area (Å²) in [6, 6.07) is 9.01. The van der Waals surface area contributed by atoms with Gasteiger partial charge in [-0.1, -0.05) is 12.1 Å². The van der Waals surface area contributed by atoms with Crippen molar-refractivity contribution in [1.29, 1.82) is 0 Å². The molecule has 1 N–H and O–H groups in total. The number of fused-ring (bicyclic) bond motifs is 1. The van der Waals surface area contributed by atoms with Crippen molar-refractivity contribution in [3.63, 3.8) is 0 Å². The molecule has 0 amide bonds. The molecule has 3 aromatic rings. The van der Waals surface area contributed by atoms with Gasteiger partial charge in [-0.2, -0.15) is 13.2 Å². The first-order chi connectivity index (χ1) is 10.8. The highest BCUT2D eigenvalue weighted by molar-refractivity contribution is 5.93. The fourth-order valence-corrected chi connectivity index (χ4v) is 2.24. The van der Waals surface area contributed by atoms with E-state index < -0.39 is 17.6 Å². The third-order valence-corrected chi connectivity index (χ3v) is 3.41. The molecule has 1 radical (unpaired) electrons. The van der Waals surface area contributed by atoms with Crippen molar-refractivity contribution in [3.05, 3.63) is 72.5 Å². The third-order valence-electron chi connectivity index (χ3n) is 3.41. The summed E-state index contributed by atoms with van der Waals surface area (Å²) in [6.07, 6.45) is -3.03. The van der Waals surface area contributed by atoms with Gasteiger partial charge in [0.05, 0.1) is 11.1 Å². The van der Waals surface area contributed by atoms with Crippen molar-refractivity contribution in [3.8, 4) is 0 Å². The summed E-state index contributed by atoms with van der Waals surface area (Å²) in [5.41, 5.74) is 0.977. The standard InChI is InChI=1S/C17H11F4N2/c1-10-2-4-12(18)9-15(10)23-14-6-7-22-16-8-11(17(19,20)21)3-5-13(14)16/h2-9H,1H2,(H,22,23). The summed E-state index contributed by atoms with van der Waals surface area (Å²) in [5, 5.41) is 3.49. The highest BCUT2D eigenvalue weighted by Gasteiger charge is 2.30. The monoisotopic (exact) mass is 319 g/mol. The van der Waals surface area contributed by atoms with Gasteiger partial charge in [-0.25, -0.2) is 4.39 Å². The van der Waals surface area contributed by atoms with Crippen molar-refractivity contribution in [1.82, 2.24) is 4.98 Å². The highest BCUT2D eigenvalue weighted by Crippen LogP contribution is 2.33. The second-order valence-corrected chi connectivity index (χ2v) is 5.01. The number of halogens is 4. The Bertz CT molecular complexity index is 872. The zero-order valence-corrected chi connectivity index (χ0v) is 11.8. The summed E-state index contributed by atoms with van der Waals surface area (Å²) in [5.74, 6) is -0.433. The topological polar surface area (TPSA) is 24.9 Å². The molecule has 0 aliphatic carbocycles. The molecule has 0 spiro atoms. The van der Waals surface area contributed by atoms with Gasteiger partial charge in [0.1, 0.15) is 5.82 Å². The molecule has 0 saturated carbocycles. The Balaban J connectivity index is 2.06. The molecule has 0 fully saturated rings. The lowest BCUT2D eigenvalue weighted by atomic mass is 10.1. The maximum atomic E-state index is 13.3. The first-order valence-electron chi connectivity index (χ1n) is 6.69. The van der Waals surface area contributed by atoms with Gasteiger partial charge in [0.15, 0.2) is 0 Å². The first kappa shape index (κ1) is 15.3. The van der Waals surface area contributed by atoms with Gasteiger partial charge in [0, 0.05) is 23.0 Å². The summed E-state index contributed by atoms with van der Waals surface area (Å²) in [4.78, 5) is 3.97. The van der Waals surface area contributed by atoms with Gasteiger partial charge < -0.3 is 5.32 Å². The van der Waals surface area contributed by atoms with E-state index in [1.54, 1.807) is 6.07 Å². The van der Waals surface area contributed by atoms with Crippen molar-refractivity contribution in [2.24, 2.45) is 0 Å². The first-order valence-corrected chi connectivity index (χ1v) is 6.69. The maximum Gasteiger partial charge on any atom is 0.416 e. The van der Waals surface area contributed by atoms with Crippen molar-refractivity contribution >= 4 is 22.3 Å². The van der Waals surface area contributed by atoms with Crippen LogP contribution in [0.2, 0.25) is 0 Å². The molecule has 2 aromatic carbocycles. The van der Waals surface area contributed by atoms with E-state index in [4.69, 9.17) is 0 Å². The molecule has 1 heterocycles. The number of nitrogens with one attached hydrogen (secondary N) is 1. The maximum absolute atomic E-state index is 13.3. The molecule has 6 heteroatoms. The molecular formula is C17H11F4N2. The number of rotatable bonds is 2. The number of anilines is 2. The largest absolute Gasteiger partial charge is 0.416 e. The summed E-state index contributed by atoms with van der Waals surface area (Å²) in [7, 11) is 0. The lowest BCUT2D eigenvalue weighted by Crippen LogP contribution is -2.05. The van der Waals surface area contributed by atoms with E-state index in [1.165, 1.54) is 30.5 Å². The number of nitrogens with zero attached hydrogens (tertiary/aromatic N) is 1. The van der Waals surface area contributed by atoms with Crippen molar-refractivity contribution < 1.29 is 17.6 Å². The molecule has 0 saturated heterocycles. The molecular weight excluding hydrogens is 308 g/mol. The molecule has 0 atom stereocenters. The minimum Gasteiger partial charge on any atom is -0.355 e. The predicted molar refractivity (Wildman–Crippen MR) is 80.9 cm³/mol. The normalized spacial score (nSPS) is 11.7. The summed E-state index contributed by atoms with van der Waals surface area (Å²) >= 11 is 0. The van der Waals surface area contributed by atoms with Crippen LogP contribution in [0.3, 0.4) is 0 Å². The van der Waals surface area contributed by atoms with Crippen LogP contribution in [-0.4, -0.2) is 4.98 Å². The Morgan fingerprint density at radius 1 is 0.957 bits per heavy atom. The molecule has 0 unspecified atom stereocenters. The van der Waals surface area contributed by atoms with Crippen LogP contribution in [0.5, 0.6) is 0 Å². The zero-order valence-electron chi connectivity index (χ0n) is 11.8. The van der Waals surface area contributed by atoms with Gasteiger partial charge in [-0.3, -0.25) is 4.98 Å². The minimum atomic E-state index is -4.43. The van der Waals surface area contributed by atoms with Crippen molar-refractivity contribution in [2.75, 3.05) is 5.32 Å². The van der Waals surface area contributed by atoms with Crippen LogP contribution in [0.1, 0.15) is 11.1 Å². The van der Waals surface area contributed by atoms with Gasteiger partial charge >= 0.3 is 6.18 Å². The van der Waals surface area contributed by atoms with Crippen LogP contribution in [0, 0.1) is 12.7 Å². The van der Waals surface area contributed by atoms with Crippen LogP contribution >= 0.6 is 0 Å². The molecule has 117 valence electrons. The third kappa shape index (κ3) is 3.11. The van der Waals surface area contributed by atoms with Crippen LogP contribution in [-0.2, 0) is 6.18 Å². The number of alkyl halides is 3. The number of hydrogen-bond acceptors (Lipinski definition) is 2. The molecule has 0 aliphatic heterocycles. The van der Waals surface area contributed by atoms with Crippen LogP contribution in [0.15, 0.2) is 48.7 Å². The Morgan fingerprint density at radius 3 is 2.48 bits per heavy atom. The van der Waals surface area contributed by atoms with Gasteiger partial charge in [0.25, 0.3) is 0 Å². The van der Waals surface area contributed by atoms with E-state index in [1.807, 2.05) is 0 Å². The van der Waals surface area contributed by atoms with Crippen LogP contribution in [0.4, 0.5) is 28.9 Å². The fourth-order valence-electron chi connectivity index (χ4n) is 2.24. The van der Waals surface area contributed by atoms with Gasteiger partial charge in [-0.05, 0) is 42.8 Å². The number of benzene rings is 2. The van der Waals surface area contributed by atoms with Crippen LogP contribution < -0.4 is 5.32 Å². The molecule has 1 aromatic heterocycles. The van der Waals surface area contributed by atoms with E-state index in [0.717, 1.165) is 12.1 Å². The molecule has 2 nitrogen and oxygen atoms in total. The van der Waals surface area contributed by atoms with Crippen molar-refractivity contribution in [2.45, 2.75) is 6.18 Å². The summed E-state index contributed by atoms with van der Waals surface area (Å²) < 4.78 is 51.6. The number of pyridine rings is 1. The highest BCUT2D eigenvalue weighted by atomic mass is 19.4. The quantitative estimate of drug-likeness (QED) is 0.647. The SMILES string of the molecule is [CH2]c1ccc(F)cc1Nc1ccnc2cc(C(F)(F)F)ccc12. The zero-order chi connectivity index (χ0) is 16.6. The van der Waals surface area contributed by atoms with Crippen LogP contribution in [0.25, 0.3) is 10.9 Å². The molecule has 23 heavy (non-hydrogen) atoms. The number of aromatic nitrogens is 1. The average Bonchev–Trinajstić information content (AvgIpc) is 2.50. The second kappa shape index (κ2) is 5.53. The van der Waals surface area contributed by atoms with Gasteiger partial charge in [-0.15, -0.1) is 0 Å². The van der Waals surface area contributed by atoms with E-state index in [-0.39, 0.29) is 5.52 Å². The van der Waals surface area contributed by atoms with E-state index in [2.05, 4.69) is 17.2 Å². The predicted octanol–water partition coefficient (Wildman–Crippen LogP) is 5.32. The van der Waals surface area contributed by atoms with Gasteiger partial charge in [0.2, 0.25) is 0 Å². The lowest BCUT2D eigenvalue weighted by molar-refractivity contribution is -0.137. The summed E-state index contributed by atoms with van der Waals surface area (Å²) in [6.45, 7) is 3.79. The molecule has 0 aliphatic rings. The number of hydrogen-bond donors (Lipinski definition) is 1. The van der Waals surface area contributed by atoms with E-state index in [9.17, 15) is 17.6 Å². The lowest BCUT2D eigenvalue weighted by Gasteiger charge is -2.13. The Kier molecular flexibility index (Phi) is 3.67. The Labute approximate surface area is 129 Å². The smallest absolute Gasteiger partial charge is 0.355 e. The molecule has 0 bridgehead atoms. The fraction of sp³-hybridized carbons (Fsp3) is 0.0588. The Hall–Kier alpha value is -2.63. The average molecular weight is 319 g/mol. The Morgan fingerprint density at radius 2 is 1.74 bits per heavy atom. The van der Waals surface area contributed by atoms with E-state index in [0.29, 0.717) is 22.3 Å². The molecule has 3 rings (SSSR count). The second-order valence-electron chi connectivity index (χ2n) is 5.01. The van der Waals surface area contributed by atoms with E-state index >= 15 is 0 Å². The minimum absolute atomic E-state index is 0.201.